The zero-order chi connectivity index (χ0) is 14.0. The molecular formula is C15H23FN2O. The standard InChI is InChI=1S/C15H23FN2O/c1-15(2,19)10-18(3)14-7-4-12(16)8-11(14)9-17-13-5-6-13/h4,7-8,13,17,19H,5-6,9-10H2,1-3H3. The molecule has 0 saturated heterocycles. The van der Waals surface area contributed by atoms with Crippen molar-refractivity contribution >= 4 is 5.69 Å². The molecule has 0 atom stereocenters. The van der Waals surface area contributed by atoms with Crippen LogP contribution in [0.1, 0.15) is 32.3 Å². The van der Waals surface area contributed by atoms with E-state index in [4.69, 9.17) is 0 Å². The van der Waals surface area contributed by atoms with E-state index in [0.29, 0.717) is 19.1 Å². The molecule has 4 heteroatoms. The van der Waals surface area contributed by atoms with Crippen molar-refractivity contribution in [2.24, 2.45) is 0 Å². The lowest BCUT2D eigenvalue weighted by molar-refractivity contribution is 0.0886. The number of hydrogen-bond donors (Lipinski definition) is 2. The van der Waals surface area contributed by atoms with Crippen molar-refractivity contribution in [3.8, 4) is 0 Å². The Morgan fingerprint density at radius 3 is 2.68 bits per heavy atom. The fraction of sp³-hybridized carbons (Fsp3) is 0.600. The highest BCUT2D eigenvalue weighted by Gasteiger charge is 2.22. The van der Waals surface area contributed by atoms with E-state index in [1.807, 2.05) is 11.9 Å². The van der Waals surface area contributed by atoms with Gasteiger partial charge in [0.1, 0.15) is 5.82 Å². The second-order valence-electron chi connectivity index (χ2n) is 6.10. The molecule has 0 aliphatic heterocycles. The molecule has 2 rings (SSSR count). The van der Waals surface area contributed by atoms with E-state index < -0.39 is 5.60 Å². The van der Waals surface area contributed by atoms with Gasteiger partial charge in [-0.15, -0.1) is 0 Å². The second kappa shape index (κ2) is 5.47. The maximum atomic E-state index is 13.4. The maximum Gasteiger partial charge on any atom is 0.123 e. The third kappa shape index (κ3) is 4.48. The molecular weight excluding hydrogens is 243 g/mol. The first-order chi connectivity index (χ1) is 8.85. The Labute approximate surface area is 114 Å². The SMILES string of the molecule is CN(CC(C)(C)O)c1ccc(F)cc1CNC1CC1. The summed E-state index contributed by atoms with van der Waals surface area (Å²) in [5.41, 5.74) is 1.14. The smallest absolute Gasteiger partial charge is 0.123 e. The van der Waals surface area contributed by atoms with Gasteiger partial charge in [-0.1, -0.05) is 0 Å². The number of halogens is 1. The Hall–Kier alpha value is -1.13. The summed E-state index contributed by atoms with van der Waals surface area (Å²) in [7, 11) is 1.92. The number of rotatable bonds is 6. The summed E-state index contributed by atoms with van der Waals surface area (Å²) in [5, 5.41) is 13.3. The molecule has 106 valence electrons. The molecule has 0 amide bonds. The highest BCUT2D eigenvalue weighted by atomic mass is 19.1. The molecule has 1 fully saturated rings. The van der Waals surface area contributed by atoms with Crippen molar-refractivity contribution < 1.29 is 9.50 Å². The van der Waals surface area contributed by atoms with E-state index in [2.05, 4.69) is 5.32 Å². The monoisotopic (exact) mass is 266 g/mol. The van der Waals surface area contributed by atoms with Gasteiger partial charge >= 0.3 is 0 Å². The van der Waals surface area contributed by atoms with Gasteiger partial charge in [0, 0.05) is 31.9 Å². The summed E-state index contributed by atoms with van der Waals surface area (Å²) in [4.78, 5) is 1.98. The van der Waals surface area contributed by atoms with Crippen molar-refractivity contribution in [2.45, 2.75) is 44.9 Å². The largest absolute Gasteiger partial charge is 0.389 e. The van der Waals surface area contributed by atoms with Crippen LogP contribution in [0.15, 0.2) is 18.2 Å². The van der Waals surface area contributed by atoms with Gasteiger partial charge in [0.2, 0.25) is 0 Å². The minimum atomic E-state index is -0.773. The second-order valence-corrected chi connectivity index (χ2v) is 6.10. The van der Waals surface area contributed by atoms with Crippen LogP contribution in [-0.2, 0) is 6.54 Å². The van der Waals surface area contributed by atoms with Crippen LogP contribution in [0, 0.1) is 5.82 Å². The summed E-state index contributed by atoms with van der Waals surface area (Å²) in [6.45, 7) is 4.73. The predicted octanol–water partition coefficient (Wildman–Crippen LogP) is 2.28. The first kappa shape index (κ1) is 14.3. The van der Waals surface area contributed by atoms with Gasteiger partial charge in [-0.05, 0) is 50.5 Å². The molecule has 1 aromatic rings. The third-order valence-electron chi connectivity index (χ3n) is 3.24. The molecule has 0 spiro atoms. The van der Waals surface area contributed by atoms with Gasteiger partial charge in [0.25, 0.3) is 0 Å². The van der Waals surface area contributed by atoms with Crippen LogP contribution in [0.3, 0.4) is 0 Å². The topological polar surface area (TPSA) is 35.5 Å². The van der Waals surface area contributed by atoms with E-state index in [1.54, 1.807) is 26.0 Å². The summed E-state index contributed by atoms with van der Waals surface area (Å²) < 4.78 is 13.4. The van der Waals surface area contributed by atoms with Gasteiger partial charge in [0.15, 0.2) is 0 Å². The zero-order valence-electron chi connectivity index (χ0n) is 11.9. The summed E-state index contributed by atoms with van der Waals surface area (Å²) >= 11 is 0. The van der Waals surface area contributed by atoms with E-state index in [-0.39, 0.29) is 5.82 Å². The molecule has 0 bridgehead atoms. The van der Waals surface area contributed by atoms with E-state index >= 15 is 0 Å². The lowest BCUT2D eigenvalue weighted by atomic mass is 10.1. The van der Waals surface area contributed by atoms with Gasteiger partial charge < -0.3 is 15.3 Å². The molecule has 1 aromatic carbocycles. The zero-order valence-corrected chi connectivity index (χ0v) is 11.9. The lowest BCUT2D eigenvalue weighted by Gasteiger charge is -2.29. The fourth-order valence-electron chi connectivity index (χ4n) is 2.28. The van der Waals surface area contributed by atoms with Gasteiger partial charge in [-0.3, -0.25) is 0 Å². The van der Waals surface area contributed by atoms with Gasteiger partial charge in [0.05, 0.1) is 5.60 Å². The predicted molar refractivity (Wildman–Crippen MR) is 75.8 cm³/mol. The van der Waals surface area contributed by atoms with Crippen molar-refractivity contribution in [2.75, 3.05) is 18.5 Å². The van der Waals surface area contributed by atoms with Crippen molar-refractivity contribution in [1.82, 2.24) is 5.32 Å². The maximum absolute atomic E-state index is 13.4. The molecule has 2 N–H and O–H groups in total. The summed E-state index contributed by atoms with van der Waals surface area (Å²) in [6.07, 6.45) is 2.42. The number of likely N-dealkylation sites (N-methyl/N-ethyl adjacent to an activating group) is 1. The van der Waals surface area contributed by atoms with Crippen molar-refractivity contribution in [1.29, 1.82) is 0 Å². The minimum Gasteiger partial charge on any atom is -0.389 e. The van der Waals surface area contributed by atoms with E-state index in [0.717, 1.165) is 11.3 Å². The Kier molecular flexibility index (Phi) is 4.11. The highest BCUT2D eigenvalue weighted by molar-refractivity contribution is 5.53. The Bertz CT molecular complexity index is 438. The van der Waals surface area contributed by atoms with Crippen LogP contribution in [0.25, 0.3) is 0 Å². The van der Waals surface area contributed by atoms with E-state index in [9.17, 15) is 9.50 Å². The quantitative estimate of drug-likeness (QED) is 0.829. The first-order valence-electron chi connectivity index (χ1n) is 6.80. The number of nitrogens with zero attached hydrogens (tertiary/aromatic N) is 1. The Balaban J connectivity index is 2.12. The number of aliphatic hydroxyl groups is 1. The third-order valence-corrected chi connectivity index (χ3v) is 3.24. The van der Waals surface area contributed by atoms with Crippen LogP contribution in [0.5, 0.6) is 0 Å². The molecule has 0 aromatic heterocycles. The lowest BCUT2D eigenvalue weighted by Crippen LogP contribution is -2.37. The number of benzene rings is 1. The Morgan fingerprint density at radius 2 is 2.11 bits per heavy atom. The molecule has 3 nitrogen and oxygen atoms in total. The molecule has 0 unspecified atom stereocenters. The fourth-order valence-corrected chi connectivity index (χ4v) is 2.28. The van der Waals surface area contributed by atoms with Gasteiger partial charge in [-0.25, -0.2) is 4.39 Å². The average molecular weight is 266 g/mol. The molecule has 0 heterocycles. The van der Waals surface area contributed by atoms with Crippen LogP contribution < -0.4 is 10.2 Å². The first-order valence-corrected chi connectivity index (χ1v) is 6.80. The molecule has 1 saturated carbocycles. The molecule has 0 radical (unpaired) electrons. The van der Waals surface area contributed by atoms with E-state index in [1.165, 1.54) is 18.9 Å². The summed E-state index contributed by atoms with van der Waals surface area (Å²) in [6, 6.07) is 5.42. The molecule has 19 heavy (non-hydrogen) atoms. The van der Waals surface area contributed by atoms with Gasteiger partial charge in [-0.2, -0.15) is 0 Å². The summed E-state index contributed by atoms with van der Waals surface area (Å²) in [5.74, 6) is -0.215. The Morgan fingerprint density at radius 1 is 1.42 bits per heavy atom. The van der Waals surface area contributed by atoms with Crippen LogP contribution in [0.2, 0.25) is 0 Å². The van der Waals surface area contributed by atoms with Crippen molar-refractivity contribution in [3.05, 3.63) is 29.6 Å². The minimum absolute atomic E-state index is 0.215. The van der Waals surface area contributed by atoms with Crippen LogP contribution >= 0.6 is 0 Å². The highest BCUT2D eigenvalue weighted by Crippen LogP contribution is 2.25. The molecule has 1 aliphatic rings. The molecule has 1 aliphatic carbocycles. The van der Waals surface area contributed by atoms with Crippen LogP contribution in [-0.4, -0.2) is 30.3 Å². The number of anilines is 1. The van der Waals surface area contributed by atoms with Crippen LogP contribution in [0.4, 0.5) is 10.1 Å². The van der Waals surface area contributed by atoms with Crippen molar-refractivity contribution in [3.63, 3.8) is 0 Å². The number of nitrogens with one attached hydrogen (secondary N) is 1. The number of hydrogen-bond acceptors (Lipinski definition) is 3. The normalized spacial score (nSPS) is 15.6. The average Bonchev–Trinajstić information content (AvgIpc) is 3.07.